The van der Waals surface area contributed by atoms with E-state index in [0.717, 1.165) is 10.9 Å². The number of amidine groups is 1. The van der Waals surface area contributed by atoms with E-state index in [0.29, 0.717) is 12.1 Å². The predicted octanol–water partition coefficient (Wildman–Crippen LogP) is 4.55. The number of aliphatic imine (C=N–C) groups is 1. The highest BCUT2D eigenvalue weighted by molar-refractivity contribution is 8.14. The van der Waals surface area contributed by atoms with Crippen LogP contribution in [0.25, 0.3) is 0 Å². The SMILES string of the molecule is Cc1ccc(C(C)NC2=NC(c3ccccc3)CS2)s1. The quantitative estimate of drug-likeness (QED) is 0.899. The van der Waals surface area contributed by atoms with Gasteiger partial charge in [0, 0.05) is 15.5 Å². The van der Waals surface area contributed by atoms with Gasteiger partial charge in [-0.05, 0) is 31.5 Å². The highest BCUT2D eigenvalue weighted by Gasteiger charge is 2.21. The molecule has 1 N–H and O–H groups in total. The van der Waals surface area contributed by atoms with Crippen LogP contribution in [0.4, 0.5) is 0 Å². The Morgan fingerprint density at radius 3 is 2.70 bits per heavy atom. The maximum Gasteiger partial charge on any atom is 0.157 e. The fourth-order valence-electron chi connectivity index (χ4n) is 2.24. The minimum absolute atomic E-state index is 0.293. The summed E-state index contributed by atoms with van der Waals surface area (Å²) in [6.07, 6.45) is 0. The molecule has 104 valence electrons. The molecule has 20 heavy (non-hydrogen) atoms. The summed E-state index contributed by atoms with van der Waals surface area (Å²) in [5.74, 6) is 1.03. The number of aryl methyl sites for hydroxylation is 1. The molecule has 2 nitrogen and oxygen atoms in total. The first-order valence-corrected chi connectivity index (χ1v) is 8.61. The third-order valence-corrected chi connectivity index (χ3v) is 5.53. The Bertz CT molecular complexity index is 604. The van der Waals surface area contributed by atoms with Crippen LogP contribution in [0.15, 0.2) is 47.5 Å². The molecule has 0 amide bonds. The molecule has 4 heteroatoms. The zero-order valence-electron chi connectivity index (χ0n) is 11.7. The Morgan fingerprint density at radius 2 is 2.00 bits per heavy atom. The van der Waals surface area contributed by atoms with E-state index in [4.69, 9.17) is 4.99 Å². The highest BCUT2D eigenvalue weighted by Crippen LogP contribution is 2.31. The van der Waals surface area contributed by atoms with E-state index in [2.05, 4.69) is 61.6 Å². The summed E-state index contributed by atoms with van der Waals surface area (Å²) < 4.78 is 0. The minimum Gasteiger partial charge on any atom is -0.358 e. The minimum atomic E-state index is 0.293. The van der Waals surface area contributed by atoms with Crippen LogP contribution in [0.2, 0.25) is 0 Å². The predicted molar refractivity (Wildman–Crippen MR) is 89.7 cm³/mol. The van der Waals surface area contributed by atoms with Crippen molar-refractivity contribution in [2.45, 2.75) is 25.9 Å². The van der Waals surface area contributed by atoms with Crippen molar-refractivity contribution in [1.29, 1.82) is 0 Å². The first-order chi connectivity index (χ1) is 9.72. The Hall–Kier alpha value is -1.26. The fourth-order valence-corrected chi connectivity index (χ4v) is 4.17. The molecule has 0 spiro atoms. The summed E-state index contributed by atoms with van der Waals surface area (Å²) >= 11 is 3.67. The molecule has 0 radical (unpaired) electrons. The smallest absolute Gasteiger partial charge is 0.157 e. The molecule has 0 aliphatic carbocycles. The normalized spacial score (nSPS) is 19.7. The maximum atomic E-state index is 4.80. The average molecular weight is 302 g/mol. The number of hydrogen-bond donors (Lipinski definition) is 1. The van der Waals surface area contributed by atoms with Gasteiger partial charge in [0.2, 0.25) is 0 Å². The van der Waals surface area contributed by atoms with Gasteiger partial charge in [0.15, 0.2) is 5.17 Å². The topological polar surface area (TPSA) is 24.4 Å². The van der Waals surface area contributed by atoms with Crippen LogP contribution in [-0.2, 0) is 0 Å². The van der Waals surface area contributed by atoms with Crippen LogP contribution in [0.3, 0.4) is 0 Å². The number of benzene rings is 1. The molecule has 2 heterocycles. The van der Waals surface area contributed by atoms with E-state index in [1.165, 1.54) is 15.3 Å². The van der Waals surface area contributed by atoms with E-state index in [1.54, 1.807) is 0 Å². The molecule has 1 aliphatic rings. The molecule has 2 atom stereocenters. The summed E-state index contributed by atoms with van der Waals surface area (Å²) in [4.78, 5) is 7.53. The molecule has 3 rings (SSSR count). The Morgan fingerprint density at radius 1 is 1.20 bits per heavy atom. The van der Waals surface area contributed by atoms with E-state index < -0.39 is 0 Å². The van der Waals surface area contributed by atoms with Crippen LogP contribution >= 0.6 is 23.1 Å². The number of nitrogens with one attached hydrogen (secondary N) is 1. The van der Waals surface area contributed by atoms with Crippen LogP contribution < -0.4 is 5.32 Å². The van der Waals surface area contributed by atoms with E-state index in [1.807, 2.05) is 23.1 Å². The highest BCUT2D eigenvalue weighted by atomic mass is 32.2. The molecular weight excluding hydrogens is 284 g/mol. The number of nitrogens with zero attached hydrogens (tertiary/aromatic N) is 1. The van der Waals surface area contributed by atoms with Crippen LogP contribution in [0.1, 0.15) is 34.3 Å². The van der Waals surface area contributed by atoms with Gasteiger partial charge in [-0.15, -0.1) is 11.3 Å². The second-order valence-corrected chi connectivity index (χ2v) is 7.31. The molecule has 1 aromatic heterocycles. The lowest BCUT2D eigenvalue weighted by molar-refractivity contribution is 0.731. The third kappa shape index (κ3) is 3.07. The van der Waals surface area contributed by atoms with Crippen molar-refractivity contribution in [3.05, 3.63) is 57.8 Å². The van der Waals surface area contributed by atoms with Gasteiger partial charge < -0.3 is 5.32 Å². The maximum absolute atomic E-state index is 4.80. The second-order valence-electron chi connectivity index (χ2n) is 4.99. The zero-order chi connectivity index (χ0) is 13.9. The van der Waals surface area contributed by atoms with Crippen LogP contribution in [-0.4, -0.2) is 10.9 Å². The molecule has 1 aliphatic heterocycles. The lowest BCUT2D eigenvalue weighted by Crippen LogP contribution is -2.22. The number of thiophene rings is 1. The largest absolute Gasteiger partial charge is 0.358 e. The molecular formula is C16H18N2S2. The van der Waals surface area contributed by atoms with Crippen molar-refractivity contribution in [3.8, 4) is 0 Å². The summed E-state index contributed by atoms with van der Waals surface area (Å²) in [6.45, 7) is 4.35. The Kier molecular flexibility index (Phi) is 4.13. The molecule has 2 aromatic rings. The summed E-state index contributed by atoms with van der Waals surface area (Å²) in [5, 5.41) is 4.60. The van der Waals surface area contributed by atoms with Gasteiger partial charge in [-0.2, -0.15) is 0 Å². The van der Waals surface area contributed by atoms with Gasteiger partial charge in [-0.1, -0.05) is 42.1 Å². The van der Waals surface area contributed by atoms with Crippen molar-refractivity contribution in [2.24, 2.45) is 4.99 Å². The van der Waals surface area contributed by atoms with Crippen LogP contribution in [0.5, 0.6) is 0 Å². The molecule has 2 unspecified atom stereocenters. The molecule has 0 fully saturated rings. The number of hydrogen-bond acceptors (Lipinski definition) is 4. The van der Waals surface area contributed by atoms with Gasteiger partial charge in [0.1, 0.15) is 0 Å². The van der Waals surface area contributed by atoms with Gasteiger partial charge >= 0.3 is 0 Å². The third-order valence-electron chi connectivity index (χ3n) is 3.36. The summed E-state index contributed by atoms with van der Waals surface area (Å²) in [7, 11) is 0. The number of rotatable bonds is 3. The lowest BCUT2D eigenvalue weighted by Gasteiger charge is -2.12. The summed E-state index contributed by atoms with van der Waals surface area (Å²) in [6, 6.07) is 15.5. The van der Waals surface area contributed by atoms with Gasteiger partial charge in [0.25, 0.3) is 0 Å². The van der Waals surface area contributed by atoms with Crippen molar-refractivity contribution < 1.29 is 0 Å². The first-order valence-electron chi connectivity index (χ1n) is 6.81. The zero-order valence-corrected chi connectivity index (χ0v) is 13.3. The monoisotopic (exact) mass is 302 g/mol. The molecule has 0 bridgehead atoms. The van der Waals surface area contributed by atoms with E-state index in [9.17, 15) is 0 Å². The Labute approximate surface area is 128 Å². The summed E-state index contributed by atoms with van der Waals surface area (Å²) in [5.41, 5.74) is 1.30. The standard InChI is InChI=1S/C16H18N2S2/c1-11-8-9-15(20-11)12(2)17-16-18-14(10-19-16)13-6-4-3-5-7-13/h3-9,12,14H,10H2,1-2H3,(H,17,18). The van der Waals surface area contributed by atoms with Gasteiger partial charge in [-0.25, -0.2) is 0 Å². The van der Waals surface area contributed by atoms with Crippen molar-refractivity contribution in [2.75, 3.05) is 5.75 Å². The number of thioether (sulfide) groups is 1. The average Bonchev–Trinajstić information content (AvgIpc) is 3.09. The van der Waals surface area contributed by atoms with Crippen molar-refractivity contribution in [3.63, 3.8) is 0 Å². The van der Waals surface area contributed by atoms with Gasteiger partial charge in [-0.3, -0.25) is 4.99 Å². The first kappa shape index (κ1) is 13.7. The molecule has 1 aromatic carbocycles. The van der Waals surface area contributed by atoms with Crippen LogP contribution in [0, 0.1) is 6.92 Å². The van der Waals surface area contributed by atoms with E-state index >= 15 is 0 Å². The van der Waals surface area contributed by atoms with Gasteiger partial charge in [0.05, 0.1) is 12.1 Å². The fraction of sp³-hybridized carbons (Fsp3) is 0.312. The van der Waals surface area contributed by atoms with E-state index in [-0.39, 0.29) is 0 Å². The van der Waals surface area contributed by atoms with Crippen molar-refractivity contribution >= 4 is 28.3 Å². The van der Waals surface area contributed by atoms with Crippen molar-refractivity contribution in [1.82, 2.24) is 5.32 Å². The lowest BCUT2D eigenvalue weighted by atomic mass is 10.1. The molecule has 0 saturated carbocycles. The Balaban J connectivity index is 1.67. The molecule has 0 saturated heterocycles. The second kappa shape index (κ2) is 6.02.